The molecular weight excluding hydrogens is 416 g/mol. The summed E-state index contributed by atoms with van der Waals surface area (Å²) in [5.74, 6) is -0.675. The Labute approximate surface area is 163 Å². The van der Waals surface area contributed by atoms with Crippen LogP contribution in [0.5, 0.6) is 0 Å². The number of aromatic nitrogens is 2. The zero-order chi connectivity index (χ0) is 20.7. The van der Waals surface area contributed by atoms with E-state index in [2.05, 4.69) is 4.98 Å². The molecule has 3 aromatic rings. The minimum atomic E-state index is -4.69. The SMILES string of the molecule is CSc1ccc(-c2nc(C(F)(F)F)cn2-c2ccc(S(C)(=O)=O)cc2)cc1F. The zero-order valence-electron chi connectivity index (χ0n) is 14.7. The Hall–Kier alpha value is -2.33. The molecule has 0 N–H and O–H groups in total. The van der Waals surface area contributed by atoms with Crippen LogP contribution in [0.4, 0.5) is 17.6 Å². The van der Waals surface area contributed by atoms with Gasteiger partial charge in [0.05, 0.1) is 4.90 Å². The fourth-order valence-corrected chi connectivity index (χ4v) is 3.67. The number of hydrogen-bond donors (Lipinski definition) is 0. The van der Waals surface area contributed by atoms with Crippen molar-refractivity contribution in [2.24, 2.45) is 0 Å². The maximum absolute atomic E-state index is 14.1. The first-order chi connectivity index (χ1) is 13.0. The van der Waals surface area contributed by atoms with Crippen LogP contribution < -0.4 is 0 Å². The van der Waals surface area contributed by atoms with Gasteiger partial charge in [-0.05, 0) is 48.7 Å². The van der Waals surface area contributed by atoms with Crippen molar-refractivity contribution in [3.05, 3.63) is 60.2 Å². The predicted octanol–water partition coefficient (Wildman–Crippen LogP) is 4.82. The largest absolute Gasteiger partial charge is 0.434 e. The minimum Gasteiger partial charge on any atom is -0.299 e. The molecule has 0 spiro atoms. The lowest BCUT2D eigenvalue weighted by Crippen LogP contribution is -2.05. The van der Waals surface area contributed by atoms with Crippen molar-refractivity contribution in [1.82, 2.24) is 9.55 Å². The van der Waals surface area contributed by atoms with Gasteiger partial charge in [-0.25, -0.2) is 17.8 Å². The number of alkyl halides is 3. The summed E-state index contributed by atoms with van der Waals surface area (Å²) in [4.78, 5) is 4.03. The number of nitrogens with zero attached hydrogens (tertiary/aromatic N) is 2. The Kier molecular flexibility index (Phi) is 5.28. The second-order valence-electron chi connectivity index (χ2n) is 5.93. The molecule has 4 nitrogen and oxygen atoms in total. The number of thioether (sulfide) groups is 1. The van der Waals surface area contributed by atoms with Crippen molar-refractivity contribution >= 4 is 21.6 Å². The van der Waals surface area contributed by atoms with Crippen LogP contribution in [-0.4, -0.2) is 30.5 Å². The molecular formula is C18H14F4N2O2S2. The lowest BCUT2D eigenvalue weighted by molar-refractivity contribution is -0.140. The zero-order valence-corrected chi connectivity index (χ0v) is 16.3. The van der Waals surface area contributed by atoms with Gasteiger partial charge in [0.25, 0.3) is 0 Å². The summed E-state index contributed by atoms with van der Waals surface area (Å²) in [6, 6.07) is 9.39. The molecule has 1 heterocycles. The first-order valence-electron chi connectivity index (χ1n) is 7.81. The average Bonchev–Trinajstić information content (AvgIpc) is 3.07. The fourth-order valence-electron chi connectivity index (χ4n) is 2.58. The van der Waals surface area contributed by atoms with Gasteiger partial charge in [-0.2, -0.15) is 13.2 Å². The van der Waals surface area contributed by atoms with Crippen molar-refractivity contribution in [1.29, 1.82) is 0 Å². The van der Waals surface area contributed by atoms with Crippen LogP contribution in [-0.2, 0) is 16.0 Å². The van der Waals surface area contributed by atoms with Gasteiger partial charge in [0.15, 0.2) is 15.5 Å². The molecule has 0 saturated carbocycles. The molecule has 0 amide bonds. The molecule has 0 atom stereocenters. The first-order valence-corrected chi connectivity index (χ1v) is 10.9. The van der Waals surface area contributed by atoms with Crippen molar-refractivity contribution in [2.75, 3.05) is 12.5 Å². The number of hydrogen-bond acceptors (Lipinski definition) is 4. The van der Waals surface area contributed by atoms with Gasteiger partial charge in [-0.3, -0.25) is 4.57 Å². The highest BCUT2D eigenvalue weighted by atomic mass is 32.2. The van der Waals surface area contributed by atoms with E-state index in [0.29, 0.717) is 4.90 Å². The highest BCUT2D eigenvalue weighted by Crippen LogP contribution is 2.34. The van der Waals surface area contributed by atoms with E-state index in [-0.39, 0.29) is 22.0 Å². The van der Waals surface area contributed by atoms with Crippen molar-refractivity contribution < 1.29 is 26.0 Å². The van der Waals surface area contributed by atoms with Crippen LogP contribution in [0, 0.1) is 5.82 Å². The van der Waals surface area contributed by atoms with E-state index in [1.165, 1.54) is 48.2 Å². The number of rotatable bonds is 4. The third kappa shape index (κ3) is 4.07. The monoisotopic (exact) mass is 430 g/mol. The number of benzene rings is 2. The smallest absolute Gasteiger partial charge is 0.299 e. The Morgan fingerprint density at radius 1 is 1.07 bits per heavy atom. The summed E-state index contributed by atoms with van der Waals surface area (Å²) in [6.45, 7) is 0. The van der Waals surface area contributed by atoms with Gasteiger partial charge in [0, 0.05) is 28.6 Å². The van der Waals surface area contributed by atoms with E-state index in [1.807, 2.05) is 0 Å². The normalized spacial score (nSPS) is 12.4. The molecule has 148 valence electrons. The molecule has 2 aromatic carbocycles. The quantitative estimate of drug-likeness (QED) is 0.440. The van der Waals surface area contributed by atoms with Crippen LogP contribution in [0.2, 0.25) is 0 Å². The Bertz CT molecular complexity index is 1120. The molecule has 0 aliphatic rings. The van der Waals surface area contributed by atoms with Gasteiger partial charge in [0.1, 0.15) is 11.6 Å². The number of halogens is 4. The first kappa shape index (κ1) is 20.4. The van der Waals surface area contributed by atoms with Gasteiger partial charge in [-0.1, -0.05) is 0 Å². The van der Waals surface area contributed by atoms with E-state index in [4.69, 9.17) is 0 Å². The van der Waals surface area contributed by atoms with Crippen LogP contribution in [0.3, 0.4) is 0 Å². The molecule has 0 unspecified atom stereocenters. The summed E-state index contributed by atoms with van der Waals surface area (Å²) in [5.41, 5.74) is -0.707. The molecule has 3 rings (SSSR count). The van der Waals surface area contributed by atoms with E-state index >= 15 is 0 Å². The molecule has 28 heavy (non-hydrogen) atoms. The highest BCUT2D eigenvalue weighted by Gasteiger charge is 2.35. The molecule has 0 saturated heterocycles. The van der Waals surface area contributed by atoms with Crippen molar-refractivity contribution in [3.8, 4) is 17.1 Å². The third-order valence-corrected chi connectivity index (χ3v) is 5.85. The summed E-state index contributed by atoms with van der Waals surface area (Å²) in [7, 11) is -3.45. The van der Waals surface area contributed by atoms with Crippen LogP contribution in [0.25, 0.3) is 17.1 Å². The average molecular weight is 430 g/mol. The molecule has 0 aliphatic heterocycles. The lowest BCUT2D eigenvalue weighted by atomic mass is 10.2. The topological polar surface area (TPSA) is 52.0 Å². The maximum atomic E-state index is 14.1. The molecule has 0 aliphatic carbocycles. The van der Waals surface area contributed by atoms with Gasteiger partial charge >= 0.3 is 6.18 Å². The predicted molar refractivity (Wildman–Crippen MR) is 98.9 cm³/mol. The number of sulfone groups is 1. The van der Waals surface area contributed by atoms with Crippen LogP contribution in [0.1, 0.15) is 5.69 Å². The summed E-state index contributed by atoms with van der Waals surface area (Å²) in [5, 5.41) is 0. The molecule has 0 bridgehead atoms. The summed E-state index contributed by atoms with van der Waals surface area (Å²) in [6.07, 6.45) is -1.18. The molecule has 1 aromatic heterocycles. The Morgan fingerprint density at radius 2 is 1.71 bits per heavy atom. The lowest BCUT2D eigenvalue weighted by Gasteiger charge is -2.09. The Balaban J connectivity index is 2.18. The second kappa shape index (κ2) is 7.25. The van der Waals surface area contributed by atoms with Crippen LogP contribution >= 0.6 is 11.8 Å². The Morgan fingerprint density at radius 3 is 2.21 bits per heavy atom. The van der Waals surface area contributed by atoms with E-state index in [0.717, 1.165) is 23.1 Å². The maximum Gasteiger partial charge on any atom is 0.434 e. The van der Waals surface area contributed by atoms with Gasteiger partial charge in [-0.15, -0.1) is 11.8 Å². The van der Waals surface area contributed by atoms with E-state index < -0.39 is 27.5 Å². The van der Waals surface area contributed by atoms with Crippen LogP contribution in [0.15, 0.2) is 58.5 Å². The molecule has 10 heteroatoms. The molecule has 0 fully saturated rings. The van der Waals surface area contributed by atoms with Crippen molar-refractivity contribution in [2.45, 2.75) is 16.0 Å². The summed E-state index contributed by atoms with van der Waals surface area (Å²) >= 11 is 1.17. The highest BCUT2D eigenvalue weighted by molar-refractivity contribution is 7.98. The second-order valence-corrected chi connectivity index (χ2v) is 8.80. The standard InChI is InChI=1S/C18H14F4N2O2S2/c1-27-15-8-3-11(9-14(15)19)17-23-16(18(20,21)22)10-24(17)12-4-6-13(7-5-12)28(2,25)26/h3-10H,1-2H3. The van der Waals surface area contributed by atoms with Crippen molar-refractivity contribution in [3.63, 3.8) is 0 Å². The third-order valence-electron chi connectivity index (χ3n) is 3.95. The fraction of sp³-hybridized carbons (Fsp3) is 0.167. The van der Waals surface area contributed by atoms with Gasteiger partial charge < -0.3 is 0 Å². The summed E-state index contributed by atoms with van der Waals surface area (Å²) < 4.78 is 78.1. The minimum absolute atomic E-state index is 0.0318. The number of imidazole rings is 1. The van der Waals surface area contributed by atoms with Gasteiger partial charge in [0.2, 0.25) is 0 Å². The molecule has 0 radical (unpaired) electrons. The van der Waals surface area contributed by atoms with E-state index in [1.54, 1.807) is 6.26 Å². The van der Waals surface area contributed by atoms with E-state index in [9.17, 15) is 26.0 Å².